The van der Waals surface area contributed by atoms with Crippen molar-refractivity contribution in [3.8, 4) is 0 Å². The Bertz CT molecular complexity index is 601. The lowest BCUT2D eigenvalue weighted by atomic mass is 10.2. The Balaban J connectivity index is 2.29. The summed E-state index contributed by atoms with van der Waals surface area (Å²) in [4.78, 5) is 11.9. The van der Waals surface area contributed by atoms with E-state index >= 15 is 0 Å². The highest BCUT2D eigenvalue weighted by Crippen LogP contribution is 2.12. The highest BCUT2D eigenvalue weighted by molar-refractivity contribution is 5.19. The Morgan fingerprint density at radius 3 is 2.61 bits per heavy atom. The number of nitrogens with zero attached hydrogens (tertiary/aromatic N) is 2. The van der Waals surface area contributed by atoms with Gasteiger partial charge in [0.15, 0.2) is 11.6 Å². The number of benzene rings is 1. The Morgan fingerprint density at radius 2 is 1.89 bits per heavy atom. The number of imidazole rings is 1. The van der Waals surface area contributed by atoms with Crippen LogP contribution in [0.2, 0.25) is 0 Å². The van der Waals surface area contributed by atoms with Gasteiger partial charge in [0.1, 0.15) is 0 Å². The molecule has 0 aliphatic rings. The minimum absolute atomic E-state index is 0.0408. The summed E-state index contributed by atoms with van der Waals surface area (Å²) in [5, 5.41) is 0. The molecule has 5 heteroatoms. The third-order valence-electron chi connectivity index (χ3n) is 2.75. The fourth-order valence-corrected chi connectivity index (χ4v) is 1.84. The SMILES string of the molecule is CCCn1ccn(Cc2cccc(F)c2F)c1=O. The van der Waals surface area contributed by atoms with Crippen LogP contribution in [0.3, 0.4) is 0 Å². The van der Waals surface area contributed by atoms with Crippen molar-refractivity contribution in [3.05, 3.63) is 58.3 Å². The second kappa shape index (κ2) is 5.16. The number of rotatable bonds is 4. The maximum Gasteiger partial charge on any atom is 0.328 e. The van der Waals surface area contributed by atoms with Gasteiger partial charge in [-0.25, -0.2) is 13.6 Å². The van der Waals surface area contributed by atoms with E-state index in [4.69, 9.17) is 0 Å². The van der Waals surface area contributed by atoms with Gasteiger partial charge in [-0.1, -0.05) is 19.1 Å². The summed E-state index contributed by atoms with van der Waals surface area (Å²) < 4.78 is 29.4. The molecule has 0 N–H and O–H groups in total. The molecule has 96 valence electrons. The highest BCUT2D eigenvalue weighted by Gasteiger charge is 2.10. The fraction of sp³-hybridized carbons (Fsp3) is 0.308. The summed E-state index contributed by atoms with van der Waals surface area (Å²) in [5.74, 6) is -1.79. The molecule has 1 heterocycles. The molecule has 0 radical (unpaired) electrons. The van der Waals surface area contributed by atoms with Crippen LogP contribution in [0.15, 0.2) is 35.4 Å². The second-order valence-corrected chi connectivity index (χ2v) is 4.11. The van der Waals surface area contributed by atoms with Crippen LogP contribution in [-0.2, 0) is 13.1 Å². The molecule has 0 aliphatic carbocycles. The van der Waals surface area contributed by atoms with Crippen LogP contribution in [-0.4, -0.2) is 9.13 Å². The molecule has 0 fully saturated rings. The van der Waals surface area contributed by atoms with Crippen molar-refractivity contribution in [3.63, 3.8) is 0 Å². The number of halogens is 2. The Labute approximate surface area is 103 Å². The Kier molecular flexibility index (Phi) is 3.60. The summed E-state index contributed by atoms with van der Waals surface area (Å²) in [5.41, 5.74) is -0.0353. The second-order valence-electron chi connectivity index (χ2n) is 4.11. The van der Waals surface area contributed by atoms with Crippen molar-refractivity contribution in [1.82, 2.24) is 9.13 Å². The van der Waals surface area contributed by atoms with Crippen LogP contribution >= 0.6 is 0 Å². The van der Waals surface area contributed by atoms with Gasteiger partial charge in [0, 0.05) is 24.5 Å². The van der Waals surface area contributed by atoms with Crippen LogP contribution in [0, 0.1) is 11.6 Å². The lowest BCUT2D eigenvalue weighted by molar-refractivity contribution is 0.493. The van der Waals surface area contributed by atoms with Gasteiger partial charge in [-0.2, -0.15) is 0 Å². The van der Waals surface area contributed by atoms with Crippen LogP contribution in [0.4, 0.5) is 8.78 Å². The first-order valence-corrected chi connectivity index (χ1v) is 5.82. The molecule has 0 bridgehead atoms. The zero-order valence-corrected chi connectivity index (χ0v) is 10.1. The number of aromatic nitrogens is 2. The number of hydrogen-bond donors (Lipinski definition) is 0. The van der Waals surface area contributed by atoms with Crippen molar-refractivity contribution in [2.24, 2.45) is 0 Å². The molecule has 2 aromatic rings. The molecule has 0 saturated heterocycles. The Morgan fingerprint density at radius 1 is 1.17 bits per heavy atom. The highest BCUT2D eigenvalue weighted by atomic mass is 19.2. The largest absolute Gasteiger partial charge is 0.328 e. The summed E-state index contributed by atoms with van der Waals surface area (Å²) >= 11 is 0. The van der Waals surface area contributed by atoms with Crippen LogP contribution in [0.25, 0.3) is 0 Å². The molecule has 0 unspecified atom stereocenters. The summed E-state index contributed by atoms with van der Waals surface area (Å²) in [6.45, 7) is 2.63. The van der Waals surface area contributed by atoms with Gasteiger partial charge in [-0.3, -0.25) is 9.13 Å². The first-order valence-electron chi connectivity index (χ1n) is 5.82. The van der Waals surface area contributed by atoms with E-state index in [1.165, 1.54) is 16.7 Å². The maximum atomic E-state index is 13.5. The molecule has 3 nitrogen and oxygen atoms in total. The lowest BCUT2D eigenvalue weighted by Crippen LogP contribution is -2.24. The van der Waals surface area contributed by atoms with E-state index in [9.17, 15) is 13.6 Å². The molecule has 0 aliphatic heterocycles. The molecule has 1 aromatic carbocycles. The van der Waals surface area contributed by atoms with Gasteiger partial charge >= 0.3 is 5.69 Å². The molecular weight excluding hydrogens is 238 g/mol. The third-order valence-corrected chi connectivity index (χ3v) is 2.75. The summed E-state index contributed by atoms with van der Waals surface area (Å²) in [6, 6.07) is 3.97. The van der Waals surface area contributed by atoms with Gasteiger partial charge in [-0.05, 0) is 12.5 Å². The predicted molar refractivity (Wildman–Crippen MR) is 64.4 cm³/mol. The number of aryl methyl sites for hydroxylation is 1. The monoisotopic (exact) mass is 252 g/mol. The minimum Gasteiger partial charge on any atom is -0.299 e. The molecular formula is C13H14F2N2O. The smallest absolute Gasteiger partial charge is 0.299 e. The van der Waals surface area contributed by atoms with E-state index in [1.54, 1.807) is 17.0 Å². The minimum atomic E-state index is -0.896. The van der Waals surface area contributed by atoms with E-state index < -0.39 is 11.6 Å². The molecule has 2 rings (SSSR count). The Hall–Kier alpha value is -1.91. The van der Waals surface area contributed by atoms with E-state index in [2.05, 4.69) is 0 Å². The van der Waals surface area contributed by atoms with E-state index in [0.717, 1.165) is 12.5 Å². The van der Waals surface area contributed by atoms with E-state index in [-0.39, 0.29) is 17.8 Å². The third kappa shape index (κ3) is 2.34. The first-order chi connectivity index (χ1) is 8.63. The van der Waals surface area contributed by atoms with E-state index in [0.29, 0.717) is 6.54 Å². The lowest BCUT2D eigenvalue weighted by Gasteiger charge is -2.04. The molecule has 18 heavy (non-hydrogen) atoms. The van der Waals surface area contributed by atoms with Gasteiger partial charge in [0.2, 0.25) is 0 Å². The normalized spacial score (nSPS) is 10.8. The molecule has 0 amide bonds. The zero-order valence-electron chi connectivity index (χ0n) is 10.1. The van der Waals surface area contributed by atoms with Crippen molar-refractivity contribution in [1.29, 1.82) is 0 Å². The van der Waals surface area contributed by atoms with Gasteiger partial charge in [-0.15, -0.1) is 0 Å². The van der Waals surface area contributed by atoms with Crippen molar-refractivity contribution < 1.29 is 8.78 Å². The van der Waals surface area contributed by atoms with Crippen molar-refractivity contribution in [2.45, 2.75) is 26.4 Å². The quantitative estimate of drug-likeness (QED) is 0.820. The number of hydrogen-bond acceptors (Lipinski definition) is 1. The molecule has 0 saturated carbocycles. The maximum absolute atomic E-state index is 13.5. The first kappa shape index (κ1) is 12.5. The van der Waals surface area contributed by atoms with Crippen LogP contribution < -0.4 is 5.69 Å². The zero-order chi connectivity index (χ0) is 13.1. The van der Waals surface area contributed by atoms with Crippen LogP contribution in [0.1, 0.15) is 18.9 Å². The standard InChI is InChI=1S/C13H14F2N2O/c1-2-6-16-7-8-17(13(16)18)9-10-4-3-5-11(14)12(10)15/h3-5,7-8H,2,6,9H2,1H3. The molecule has 0 spiro atoms. The van der Waals surface area contributed by atoms with Gasteiger partial charge in [0.05, 0.1) is 6.54 Å². The average molecular weight is 252 g/mol. The topological polar surface area (TPSA) is 26.9 Å². The van der Waals surface area contributed by atoms with E-state index in [1.807, 2.05) is 6.92 Å². The van der Waals surface area contributed by atoms with Crippen LogP contribution in [0.5, 0.6) is 0 Å². The molecule has 1 aromatic heterocycles. The van der Waals surface area contributed by atoms with Crippen molar-refractivity contribution in [2.75, 3.05) is 0 Å². The van der Waals surface area contributed by atoms with Crippen molar-refractivity contribution >= 4 is 0 Å². The summed E-state index contributed by atoms with van der Waals surface area (Å²) in [7, 11) is 0. The van der Waals surface area contributed by atoms with Gasteiger partial charge < -0.3 is 0 Å². The molecule has 0 atom stereocenters. The average Bonchev–Trinajstić information content (AvgIpc) is 2.68. The fourth-order valence-electron chi connectivity index (χ4n) is 1.84. The predicted octanol–water partition coefficient (Wildman–Crippen LogP) is 2.39. The summed E-state index contributed by atoms with van der Waals surface area (Å²) in [6.07, 6.45) is 4.09. The van der Waals surface area contributed by atoms with Gasteiger partial charge in [0.25, 0.3) is 0 Å².